The van der Waals surface area contributed by atoms with Gasteiger partial charge in [-0.2, -0.15) is 15.0 Å². The maximum atomic E-state index is 6.90. The zero-order valence-corrected chi connectivity index (χ0v) is 32.1. The third kappa shape index (κ3) is 4.56. The number of fused-ring (bicyclic) bond motifs is 12. The van der Waals surface area contributed by atoms with Crippen LogP contribution in [0.1, 0.15) is 0 Å². The van der Waals surface area contributed by atoms with Crippen LogP contribution < -0.4 is 0 Å². The lowest BCUT2D eigenvalue weighted by molar-refractivity contribution is 0.887. The van der Waals surface area contributed by atoms with Gasteiger partial charge in [0.15, 0.2) is 0 Å². The molecule has 0 aliphatic rings. The van der Waals surface area contributed by atoms with Crippen LogP contribution in [0.3, 0.4) is 0 Å². The quantitative estimate of drug-likeness (QED) is 0.179. The Balaban J connectivity index is 1.02. The standard InChI is InChI=1S/C51H30ClN7/c52-49-53-50(58-45-23-11-5-17-37(45)39-29-31(25-27-47(39)58)56-41-19-7-1-13-33(41)34-14-2-8-20-42(34)56)55-51(54-49)59-46-24-12-6-18-38(46)40-30-32(26-28-48(40)59)57-43-21-9-3-15-35(43)36-16-4-10-22-44(36)57/h1-30H. The molecule has 13 rings (SSSR count). The van der Waals surface area contributed by atoms with Gasteiger partial charge in [-0.05, 0) is 84.4 Å². The van der Waals surface area contributed by atoms with Crippen molar-refractivity contribution in [2.24, 2.45) is 0 Å². The lowest BCUT2D eigenvalue weighted by Crippen LogP contribution is -2.09. The largest absolute Gasteiger partial charge is 0.309 e. The average molecular weight is 776 g/mol. The van der Waals surface area contributed by atoms with Gasteiger partial charge in [-0.3, -0.25) is 9.13 Å². The Hall–Kier alpha value is -7.74. The number of aromatic nitrogens is 7. The zero-order chi connectivity index (χ0) is 38.8. The molecule has 59 heavy (non-hydrogen) atoms. The maximum Gasteiger partial charge on any atom is 0.240 e. The molecule has 276 valence electrons. The molecule has 13 aromatic rings. The summed E-state index contributed by atoms with van der Waals surface area (Å²) in [6.07, 6.45) is 0. The molecule has 5 heterocycles. The number of nitrogens with zero attached hydrogens (tertiary/aromatic N) is 7. The molecule has 0 aliphatic carbocycles. The summed E-state index contributed by atoms with van der Waals surface area (Å²) in [6.45, 7) is 0. The smallest absolute Gasteiger partial charge is 0.240 e. The highest BCUT2D eigenvalue weighted by atomic mass is 35.5. The number of hydrogen-bond donors (Lipinski definition) is 0. The van der Waals surface area contributed by atoms with Crippen LogP contribution in [0.25, 0.3) is 110 Å². The Labute approximate surface area is 341 Å². The van der Waals surface area contributed by atoms with Crippen molar-refractivity contribution >= 4 is 98.8 Å². The first-order valence-corrected chi connectivity index (χ1v) is 20.0. The van der Waals surface area contributed by atoms with E-state index in [1.807, 2.05) is 0 Å². The highest BCUT2D eigenvalue weighted by Gasteiger charge is 2.22. The van der Waals surface area contributed by atoms with E-state index in [0.29, 0.717) is 11.9 Å². The van der Waals surface area contributed by atoms with Crippen LogP contribution in [-0.4, -0.2) is 33.2 Å². The second kappa shape index (κ2) is 12.1. The Morgan fingerprint density at radius 1 is 0.271 bits per heavy atom. The van der Waals surface area contributed by atoms with Crippen LogP contribution in [0.5, 0.6) is 0 Å². The van der Waals surface area contributed by atoms with Crippen LogP contribution in [0.15, 0.2) is 182 Å². The molecule has 0 N–H and O–H groups in total. The molecule has 0 spiro atoms. The molecule has 0 saturated heterocycles. The van der Waals surface area contributed by atoms with Crippen molar-refractivity contribution in [1.82, 2.24) is 33.2 Å². The SMILES string of the molecule is Clc1nc(-n2c3ccccc3c3cc(-n4c5ccccc5c5ccccc54)ccc32)nc(-n2c3ccccc3c3cc(-n4c5ccccc5c5ccccc54)ccc32)n1. The first-order valence-electron chi connectivity index (χ1n) is 19.7. The summed E-state index contributed by atoms with van der Waals surface area (Å²) in [5.74, 6) is 0.896. The van der Waals surface area contributed by atoms with E-state index in [0.717, 1.165) is 55.0 Å². The van der Waals surface area contributed by atoms with E-state index in [2.05, 4.69) is 200 Å². The van der Waals surface area contributed by atoms with E-state index in [1.54, 1.807) is 0 Å². The summed E-state index contributed by atoms with van der Waals surface area (Å²) in [5, 5.41) is 9.40. The second-order valence-electron chi connectivity index (χ2n) is 15.1. The van der Waals surface area contributed by atoms with Gasteiger partial charge in [0.05, 0.1) is 44.1 Å². The van der Waals surface area contributed by atoms with Gasteiger partial charge in [-0.15, -0.1) is 0 Å². The molecule has 0 bridgehead atoms. The first-order chi connectivity index (χ1) is 29.2. The van der Waals surface area contributed by atoms with Gasteiger partial charge in [-0.1, -0.05) is 109 Å². The van der Waals surface area contributed by atoms with Gasteiger partial charge in [-0.25, -0.2) is 0 Å². The molecule has 0 fully saturated rings. The van der Waals surface area contributed by atoms with Crippen molar-refractivity contribution in [2.45, 2.75) is 0 Å². The minimum atomic E-state index is 0.116. The summed E-state index contributed by atoms with van der Waals surface area (Å²) in [5.41, 5.74) is 10.7. The van der Waals surface area contributed by atoms with Crippen molar-refractivity contribution in [3.63, 3.8) is 0 Å². The lowest BCUT2D eigenvalue weighted by Gasteiger charge is -2.12. The Bertz CT molecular complexity index is 3530. The van der Waals surface area contributed by atoms with Crippen LogP contribution in [0.4, 0.5) is 0 Å². The molecule has 0 aliphatic heterocycles. The molecular formula is C51H30ClN7. The van der Waals surface area contributed by atoms with Gasteiger partial charge in [0.1, 0.15) is 0 Å². The van der Waals surface area contributed by atoms with Crippen molar-refractivity contribution in [1.29, 1.82) is 0 Å². The normalized spacial score (nSPS) is 12.2. The third-order valence-electron chi connectivity index (χ3n) is 12.0. The van der Waals surface area contributed by atoms with Crippen LogP contribution in [0, 0.1) is 0 Å². The molecule has 0 unspecified atom stereocenters. The highest BCUT2D eigenvalue weighted by Crippen LogP contribution is 2.39. The first kappa shape index (κ1) is 32.4. The molecule has 5 aromatic heterocycles. The van der Waals surface area contributed by atoms with Crippen LogP contribution in [0.2, 0.25) is 5.28 Å². The maximum absolute atomic E-state index is 6.90. The number of benzene rings is 8. The van der Waals surface area contributed by atoms with Gasteiger partial charge in [0, 0.05) is 54.5 Å². The van der Waals surface area contributed by atoms with Crippen molar-refractivity contribution < 1.29 is 0 Å². The van der Waals surface area contributed by atoms with Crippen LogP contribution >= 0.6 is 11.6 Å². The van der Waals surface area contributed by atoms with Crippen molar-refractivity contribution in [3.05, 3.63) is 187 Å². The van der Waals surface area contributed by atoms with Gasteiger partial charge >= 0.3 is 0 Å². The molecule has 7 nitrogen and oxygen atoms in total. The third-order valence-corrected chi connectivity index (χ3v) is 12.1. The minimum absolute atomic E-state index is 0.116. The summed E-state index contributed by atoms with van der Waals surface area (Å²) in [6, 6.07) is 64.5. The molecule has 0 radical (unpaired) electrons. The monoisotopic (exact) mass is 775 g/mol. The van der Waals surface area contributed by atoms with Crippen molar-refractivity contribution in [2.75, 3.05) is 0 Å². The summed E-state index contributed by atoms with van der Waals surface area (Å²) in [7, 11) is 0. The molecule has 0 saturated carbocycles. The molecule has 0 atom stereocenters. The van der Waals surface area contributed by atoms with E-state index in [9.17, 15) is 0 Å². The molecule has 8 heteroatoms. The highest BCUT2D eigenvalue weighted by molar-refractivity contribution is 6.28. The topological polar surface area (TPSA) is 58.4 Å². The Morgan fingerprint density at radius 2 is 0.542 bits per heavy atom. The van der Waals surface area contributed by atoms with Gasteiger partial charge < -0.3 is 9.13 Å². The minimum Gasteiger partial charge on any atom is -0.309 e. The molecular weight excluding hydrogens is 746 g/mol. The van der Waals surface area contributed by atoms with Crippen molar-refractivity contribution in [3.8, 4) is 23.3 Å². The molecule has 8 aromatic carbocycles. The van der Waals surface area contributed by atoms with Gasteiger partial charge in [0.2, 0.25) is 17.2 Å². The number of para-hydroxylation sites is 6. The van der Waals surface area contributed by atoms with Gasteiger partial charge in [0.25, 0.3) is 0 Å². The van der Waals surface area contributed by atoms with Crippen LogP contribution in [-0.2, 0) is 0 Å². The molecule has 0 amide bonds. The summed E-state index contributed by atoms with van der Waals surface area (Å²) in [4.78, 5) is 14.8. The Kier molecular flexibility index (Phi) is 6.65. The fourth-order valence-electron chi connectivity index (χ4n) is 9.56. The Morgan fingerprint density at radius 3 is 0.881 bits per heavy atom. The number of hydrogen-bond acceptors (Lipinski definition) is 3. The number of halogens is 1. The summed E-state index contributed by atoms with van der Waals surface area (Å²) >= 11 is 6.90. The average Bonchev–Trinajstić information content (AvgIpc) is 4.01. The fourth-order valence-corrected chi connectivity index (χ4v) is 9.71. The number of rotatable bonds is 4. The van der Waals surface area contributed by atoms with E-state index in [4.69, 9.17) is 26.6 Å². The van der Waals surface area contributed by atoms with E-state index < -0.39 is 0 Å². The predicted molar refractivity (Wildman–Crippen MR) is 242 cm³/mol. The predicted octanol–water partition coefficient (Wildman–Crippen LogP) is 12.9. The van der Waals surface area contributed by atoms with E-state index >= 15 is 0 Å². The lowest BCUT2D eigenvalue weighted by atomic mass is 10.1. The van der Waals surface area contributed by atoms with E-state index in [1.165, 1.54) is 43.6 Å². The zero-order valence-electron chi connectivity index (χ0n) is 31.3. The summed E-state index contributed by atoms with van der Waals surface area (Å²) < 4.78 is 8.91. The van der Waals surface area contributed by atoms with E-state index in [-0.39, 0.29) is 5.28 Å². The fraction of sp³-hybridized carbons (Fsp3) is 0. The second-order valence-corrected chi connectivity index (χ2v) is 15.4.